The molecule has 0 aliphatic carbocycles. The molecule has 3 aromatic carbocycles. The van der Waals surface area contributed by atoms with Crippen LogP contribution in [-0.2, 0) is 6.61 Å². The summed E-state index contributed by atoms with van der Waals surface area (Å²) in [5.74, 6) is 1.74. The third-order valence-corrected chi connectivity index (χ3v) is 4.68. The van der Waals surface area contributed by atoms with Crippen LogP contribution in [0.3, 0.4) is 0 Å². The molecule has 1 aromatic heterocycles. The highest BCUT2D eigenvalue weighted by Crippen LogP contribution is 2.27. The number of aromatic nitrogens is 1. The van der Waals surface area contributed by atoms with Crippen molar-refractivity contribution in [2.45, 2.75) is 20.5 Å². The van der Waals surface area contributed by atoms with Crippen molar-refractivity contribution in [2.24, 2.45) is 0 Å². The van der Waals surface area contributed by atoms with Crippen LogP contribution in [0.15, 0.2) is 78.9 Å². The number of nitrogens with zero attached hydrogens (tertiary/aromatic N) is 1. The number of ether oxygens (including phenoxy) is 2. The summed E-state index contributed by atoms with van der Waals surface area (Å²) in [6.07, 6.45) is 0. The molecule has 0 N–H and O–H groups in total. The fourth-order valence-electron chi connectivity index (χ4n) is 3.20. The molecule has 4 rings (SSSR count). The summed E-state index contributed by atoms with van der Waals surface area (Å²) < 4.78 is 11.6. The lowest BCUT2D eigenvalue weighted by Crippen LogP contribution is -1.99. The van der Waals surface area contributed by atoms with E-state index in [1.807, 2.05) is 61.5 Å². The highest BCUT2D eigenvalue weighted by molar-refractivity contribution is 5.85. The van der Waals surface area contributed by atoms with Crippen molar-refractivity contribution in [3.05, 3.63) is 90.0 Å². The Morgan fingerprint density at radius 1 is 0.786 bits per heavy atom. The molecule has 0 fully saturated rings. The standard InChI is InChI=1S/C25H23NO2/c1-3-27-21-14-10-19(11-15-21)25-16-20(23-6-4-5-7-24(23)26-25)17-28-22-12-8-18(2)9-13-22/h4-16H,3,17H2,1-2H3. The molecule has 1 heterocycles. The van der Waals surface area contributed by atoms with Crippen molar-refractivity contribution < 1.29 is 9.47 Å². The average molecular weight is 369 g/mol. The van der Waals surface area contributed by atoms with Gasteiger partial charge in [0, 0.05) is 16.5 Å². The molecule has 0 atom stereocenters. The van der Waals surface area contributed by atoms with Gasteiger partial charge in [0.25, 0.3) is 0 Å². The van der Waals surface area contributed by atoms with Crippen LogP contribution in [0.1, 0.15) is 18.1 Å². The summed E-state index contributed by atoms with van der Waals surface area (Å²) >= 11 is 0. The largest absolute Gasteiger partial charge is 0.494 e. The first-order valence-corrected chi connectivity index (χ1v) is 9.54. The predicted molar refractivity (Wildman–Crippen MR) is 114 cm³/mol. The number of pyridine rings is 1. The molecule has 3 nitrogen and oxygen atoms in total. The van der Waals surface area contributed by atoms with Gasteiger partial charge in [-0.2, -0.15) is 0 Å². The number of para-hydroxylation sites is 1. The smallest absolute Gasteiger partial charge is 0.119 e. The second kappa shape index (κ2) is 8.13. The first-order chi connectivity index (χ1) is 13.7. The van der Waals surface area contributed by atoms with Gasteiger partial charge in [-0.1, -0.05) is 35.9 Å². The van der Waals surface area contributed by atoms with Gasteiger partial charge in [0.15, 0.2) is 0 Å². The second-order valence-corrected chi connectivity index (χ2v) is 6.74. The summed E-state index contributed by atoms with van der Waals surface area (Å²) in [6, 6.07) is 26.5. The molecule has 0 aliphatic heterocycles. The third-order valence-electron chi connectivity index (χ3n) is 4.68. The van der Waals surface area contributed by atoms with Crippen LogP contribution in [0.2, 0.25) is 0 Å². The minimum absolute atomic E-state index is 0.496. The van der Waals surface area contributed by atoms with Crippen LogP contribution in [0.25, 0.3) is 22.2 Å². The van der Waals surface area contributed by atoms with Crippen LogP contribution in [-0.4, -0.2) is 11.6 Å². The van der Waals surface area contributed by atoms with Crippen molar-refractivity contribution in [1.29, 1.82) is 0 Å². The van der Waals surface area contributed by atoms with E-state index in [2.05, 4.69) is 31.2 Å². The van der Waals surface area contributed by atoms with Gasteiger partial charge in [0.05, 0.1) is 17.8 Å². The van der Waals surface area contributed by atoms with Gasteiger partial charge in [-0.05, 0) is 62.4 Å². The molecular weight excluding hydrogens is 346 g/mol. The molecule has 0 saturated heterocycles. The Kier molecular flexibility index (Phi) is 5.24. The molecule has 28 heavy (non-hydrogen) atoms. The van der Waals surface area contributed by atoms with E-state index in [1.54, 1.807) is 0 Å². The maximum absolute atomic E-state index is 6.05. The van der Waals surface area contributed by atoms with Gasteiger partial charge in [-0.15, -0.1) is 0 Å². The normalized spacial score (nSPS) is 10.8. The zero-order valence-corrected chi connectivity index (χ0v) is 16.2. The molecule has 0 bridgehead atoms. The maximum atomic E-state index is 6.05. The molecule has 0 spiro atoms. The van der Waals surface area contributed by atoms with Gasteiger partial charge in [-0.25, -0.2) is 4.98 Å². The number of hydrogen-bond donors (Lipinski definition) is 0. The first kappa shape index (κ1) is 18.1. The zero-order chi connectivity index (χ0) is 19.3. The third kappa shape index (κ3) is 3.99. The summed E-state index contributed by atoms with van der Waals surface area (Å²) in [7, 11) is 0. The number of aryl methyl sites for hydroxylation is 1. The average Bonchev–Trinajstić information content (AvgIpc) is 2.74. The lowest BCUT2D eigenvalue weighted by Gasteiger charge is -2.12. The Morgan fingerprint density at radius 3 is 2.21 bits per heavy atom. The van der Waals surface area contributed by atoms with Gasteiger partial charge in [0.2, 0.25) is 0 Å². The van der Waals surface area contributed by atoms with E-state index in [0.717, 1.165) is 39.2 Å². The Balaban J connectivity index is 1.67. The van der Waals surface area contributed by atoms with Crippen molar-refractivity contribution in [3.63, 3.8) is 0 Å². The van der Waals surface area contributed by atoms with E-state index in [1.165, 1.54) is 5.56 Å². The lowest BCUT2D eigenvalue weighted by molar-refractivity contribution is 0.307. The molecule has 140 valence electrons. The lowest BCUT2D eigenvalue weighted by atomic mass is 10.0. The quantitative estimate of drug-likeness (QED) is 0.406. The number of hydrogen-bond acceptors (Lipinski definition) is 3. The van der Waals surface area contributed by atoms with Gasteiger partial charge in [0.1, 0.15) is 18.1 Å². The molecule has 0 saturated carbocycles. The fraction of sp³-hybridized carbons (Fsp3) is 0.160. The molecular formula is C25H23NO2. The molecule has 3 heteroatoms. The molecule has 0 radical (unpaired) electrons. The number of benzene rings is 3. The molecule has 4 aromatic rings. The summed E-state index contributed by atoms with van der Waals surface area (Å²) in [4.78, 5) is 4.85. The van der Waals surface area contributed by atoms with E-state index in [-0.39, 0.29) is 0 Å². The van der Waals surface area contributed by atoms with E-state index < -0.39 is 0 Å². The van der Waals surface area contributed by atoms with Crippen LogP contribution in [0.4, 0.5) is 0 Å². The van der Waals surface area contributed by atoms with Gasteiger partial charge >= 0.3 is 0 Å². The van der Waals surface area contributed by atoms with Crippen molar-refractivity contribution in [1.82, 2.24) is 4.98 Å². The highest BCUT2D eigenvalue weighted by atomic mass is 16.5. The van der Waals surface area contributed by atoms with Crippen LogP contribution in [0.5, 0.6) is 11.5 Å². The Bertz CT molecular complexity index is 1070. The Morgan fingerprint density at radius 2 is 1.46 bits per heavy atom. The number of rotatable bonds is 6. The predicted octanol–water partition coefficient (Wildman–Crippen LogP) is 6.19. The highest BCUT2D eigenvalue weighted by Gasteiger charge is 2.09. The van der Waals surface area contributed by atoms with E-state index in [4.69, 9.17) is 14.5 Å². The second-order valence-electron chi connectivity index (χ2n) is 6.74. The number of fused-ring (bicyclic) bond motifs is 1. The summed E-state index contributed by atoms with van der Waals surface area (Å²) in [5, 5.41) is 1.12. The topological polar surface area (TPSA) is 31.4 Å². The van der Waals surface area contributed by atoms with Crippen LogP contribution >= 0.6 is 0 Å². The van der Waals surface area contributed by atoms with Crippen molar-refractivity contribution in [3.8, 4) is 22.8 Å². The molecule has 0 unspecified atom stereocenters. The van der Waals surface area contributed by atoms with E-state index >= 15 is 0 Å². The minimum Gasteiger partial charge on any atom is -0.494 e. The Labute approximate surface area is 165 Å². The minimum atomic E-state index is 0.496. The van der Waals surface area contributed by atoms with Crippen molar-refractivity contribution >= 4 is 10.9 Å². The van der Waals surface area contributed by atoms with Crippen LogP contribution in [0, 0.1) is 6.92 Å². The summed E-state index contributed by atoms with van der Waals surface area (Å²) in [5.41, 5.74) is 5.31. The summed E-state index contributed by atoms with van der Waals surface area (Å²) in [6.45, 7) is 5.21. The SMILES string of the molecule is CCOc1ccc(-c2cc(COc3ccc(C)cc3)c3ccccc3n2)cc1. The molecule has 0 aliphatic rings. The van der Waals surface area contributed by atoms with Gasteiger partial charge < -0.3 is 9.47 Å². The molecule has 0 amide bonds. The zero-order valence-electron chi connectivity index (χ0n) is 16.2. The Hall–Kier alpha value is -3.33. The van der Waals surface area contributed by atoms with Gasteiger partial charge in [-0.3, -0.25) is 0 Å². The monoisotopic (exact) mass is 369 g/mol. The van der Waals surface area contributed by atoms with Crippen molar-refractivity contribution in [2.75, 3.05) is 6.61 Å². The first-order valence-electron chi connectivity index (χ1n) is 9.54. The van der Waals surface area contributed by atoms with Crippen LogP contribution < -0.4 is 9.47 Å². The maximum Gasteiger partial charge on any atom is 0.119 e. The van der Waals surface area contributed by atoms with E-state index in [0.29, 0.717) is 13.2 Å². The fourth-order valence-corrected chi connectivity index (χ4v) is 3.20. The van der Waals surface area contributed by atoms with E-state index in [9.17, 15) is 0 Å².